The van der Waals surface area contributed by atoms with Gasteiger partial charge >= 0.3 is 0 Å². The fraction of sp³-hybridized carbons (Fsp3) is 0.125. The Morgan fingerprint density at radius 3 is 2.07 bits per heavy atom. The molecule has 3 aromatic rings. The predicted octanol–water partition coefficient (Wildman–Crippen LogP) is 4.41. The van der Waals surface area contributed by atoms with Crippen LogP contribution < -0.4 is 9.75 Å². The molecule has 0 N–H and O–H groups in total. The van der Waals surface area contributed by atoms with Crippen LogP contribution >= 0.6 is 0 Å². The van der Waals surface area contributed by atoms with Crippen molar-refractivity contribution in [1.29, 1.82) is 0 Å². The number of nitrogens with zero attached hydrogens (tertiary/aromatic N) is 2. The number of hydrogen-bond donors (Lipinski definition) is 0. The first-order valence-corrected chi connectivity index (χ1v) is 9.31. The lowest BCUT2D eigenvalue weighted by Crippen LogP contribution is -2.70. The number of ether oxygens (including phenoxy) is 1. The van der Waals surface area contributed by atoms with Gasteiger partial charge in [0.1, 0.15) is 11.8 Å². The Hall–Kier alpha value is -3.53. The van der Waals surface area contributed by atoms with Gasteiger partial charge in [-0.2, -0.15) is 0 Å². The van der Waals surface area contributed by atoms with E-state index in [0.717, 1.165) is 11.3 Å². The van der Waals surface area contributed by atoms with Gasteiger partial charge in [-0.05, 0) is 29.8 Å². The van der Waals surface area contributed by atoms with Crippen LogP contribution in [0, 0.1) is 0 Å². The summed E-state index contributed by atoms with van der Waals surface area (Å²) in [6.07, 6.45) is 3.52. The Kier molecular flexibility index (Phi) is 5.11. The van der Waals surface area contributed by atoms with Crippen molar-refractivity contribution in [3.63, 3.8) is 0 Å². The van der Waals surface area contributed by atoms with Crippen LogP contribution in [0.3, 0.4) is 0 Å². The van der Waals surface area contributed by atoms with E-state index in [1.165, 1.54) is 0 Å². The van der Waals surface area contributed by atoms with Gasteiger partial charge in [0.05, 0.1) is 5.69 Å². The number of anilines is 1. The monoisotopic (exact) mass is 370 g/mol. The molecule has 0 radical (unpaired) electrons. The van der Waals surface area contributed by atoms with E-state index in [4.69, 9.17) is 4.74 Å². The fourth-order valence-electron chi connectivity index (χ4n) is 3.31. The summed E-state index contributed by atoms with van der Waals surface area (Å²) in [6, 6.07) is 29.2. The smallest absolute Gasteiger partial charge is 0.285 e. The molecule has 28 heavy (non-hydrogen) atoms. The summed E-state index contributed by atoms with van der Waals surface area (Å²) in [5.74, 6) is 0.638. The second-order valence-corrected chi connectivity index (χ2v) is 6.65. The van der Waals surface area contributed by atoms with Crippen molar-refractivity contribution >= 4 is 17.7 Å². The average Bonchev–Trinajstić information content (AvgIpc) is 2.76. The number of benzene rings is 3. The molecule has 1 aliphatic heterocycles. The number of rotatable bonds is 6. The number of carbonyl (C=O) groups excluding carboxylic acids is 1. The molecule has 4 nitrogen and oxygen atoms in total. The van der Waals surface area contributed by atoms with Gasteiger partial charge in [0.25, 0.3) is 5.91 Å². The minimum absolute atomic E-state index is 0.0575. The zero-order valence-corrected chi connectivity index (χ0v) is 15.7. The van der Waals surface area contributed by atoms with Crippen LogP contribution in [0.15, 0.2) is 97.1 Å². The first-order chi connectivity index (χ1) is 13.7. The van der Waals surface area contributed by atoms with E-state index in [2.05, 4.69) is 0 Å². The van der Waals surface area contributed by atoms with Crippen molar-refractivity contribution < 1.29 is 9.53 Å². The Balaban J connectivity index is 1.59. The summed E-state index contributed by atoms with van der Waals surface area (Å²) in [4.78, 5) is 12.9. The maximum atomic E-state index is 12.9. The zero-order valence-electron chi connectivity index (χ0n) is 15.7. The number of hydrazine groups is 1. The van der Waals surface area contributed by atoms with Gasteiger partial charge in [-0.25, -0.2) is 5.01 Å². The van der Waals surface area contributed by atoms with Crippen LogP contribution in [0.25, 0.3) is 6.08 Å². The van der Waals surface area contributed by atoms with Crippen molar-refractivity contribution in [2.24, 2.45) is 0 Å². The van der Waals surface area contributed by atoms with Gasteiger partial charge in [0.2, 0.25) is 6.10 Å². The second-order valence-electron chi connectivity index (χ2n) is 6.65. The van der Waals surface area contributed by atoms with Crippen molar-refractivity contribution in [2.45, 2.75) is 12.1 Å². The Labute approximate surface area is 165 Å². The summed E-state index contributed by atoms with van der Waals surface area (Å²) in [5.41, 5.74) is 2.04. The highest BCUT2D eigenvalue weighted by Gasteiger charge is 2.50. The molecule has 0 spiro atoms. The third kappa shape index (κ3) is 3.62. The molecule has 1 heterocycles. The fourth-order valence-corrected chi connectivity index (χ4v) is 3.31. The molecule has 1 aliphatic rings. The molecule has 140 valence electrons. The van der Waals surface area contributed by atoms with E-state index in [-0.39, 0.29) is 11.9 Å². The van der Waals surface area contributed by atoms with Crippen LogP contribution in [-0.4, -0.2) is 30.1 Å². The Bertz CT molecular complexity index is 942. The lowest BCUT2D eigenvalue weighted by molar-refractivity contribution is -0.160. The number of β-lactam (4-membered cyclic amide) rings is 1. The van der Waals surface area contributed by atoms with Gasteiger partial charge in [-0.15, -0.1) is 0 Å². The van der Waals surface area contributed by atoms with E-state index < -0.39 is 6.10 Å². The Morgan fingerprint density at radius 1 is 0.857 bits per heavy atom. The largest absolute Gasteiger partial charge is 0.478 e. The topological polar surface area (TPSA) is 32.8 Å². The highest BCUT2D eigenvalue weighted by atomic mass is 16.5. The maximum Gasteiger partial charge on any atom is 0.285 e. The van der Waals surface area contributed by atoms with Crippen molar-refractivity contribution in [3.8, 4) is 5.75 Å². The zero-order chi connectivity index (χ0) is 19.3. The second kappa shape index (κ2) is 8.01. The first-order valence-electron chi connectivity index (χ1n) is 9.31. The van der Waals surface area contributed by atoms with Crippen LogP contribution in [0.5, 0.6) is 5.75 Å². The third-order valence-corrected chi connectivity index (χ3v) is 4.81. The minimum atomic E-state index is -0.548. The minimum Gasteiger partial charge on any atom is -0.478 e. The highest BCUT2D eigenvalue weighted by Crippen LogP contribution is 2.30. The normalized spacial score (nSPS) is 18.8. The number of hydrogen-bond acceptors (Lipinski definition) is 3. The van der Waals surface area contributed by atoms with Crippen LogP contribution in [0.2, 0.25) is 0 Å². The number of para-hydroxylation sites is 2. The van der Waals surface area contributed by atoms with Crippen molar-refractivity contribution in [3.05, 3.63) is 103 Å². The molecule has 4 heteroatoms. The number of carbonyl (C=O) groups is 1. The van der Waals surface area contributed by atoms with Crippen LogP contribution in [-0.2, 0) is 4.79 Å². The van der Waals surface area contributed by atoms with E-state index in [0.29, 0.717) is 5.75 Å². The molecule has 2 atom stereocenters. The molecule has 1 amide bonds. The SMILES string of the molecule is CN(c1ccccc1)N1C(=O)[C@@H](Oc2ccccc2)[C@H]1/C=C/c1ccccc1. The predicted molar refractivity (Wildman–Crippen MR) is 112 cm³/mol. The lowest BCUT2D eigenvalue weighted by atomic mass is 9.98. The molecule has 0 bridgehead atoms. The molecule has 0 aromatic heterocycles. The molecule has 0 saturated carbocycles. The quantitative estimate of drug-likeness (QED) is 0.603. The summed E-state index contributed by atoms with van der Waals surface area (Å²) >= 11 is 0. The summed E-state index contributed by atoms with van der Waals surface area (Å²) in [5, 5.41) is 3.62. The molecular formula is C24H22N2O2. The summed E-state index contributed by atoms with van der Waals surface area (Å²) in [6.45, 7) is 0. The Morgan fingerprint density at radius 2 is 1.43 bits per heavy atom. The highest BCUT2D eigenvalue weighted by molar-refractivity contribution is 5.91. The van der Waals surface area contributed by atoms with E-state index in [9.17, 15) is 4.79 Å². The van der Waals surface area contributed by atoms with Gasteiger partial charge in [-0.3, -0.25) is 9.80 Å². The van der Waals surface area contributed by atoms with Gasteiger partial charge in [-0.1, -0.05) is 78.9 Å². The van der Waals surface area contributed by atoms with Gasteiger partial charge in [0, 0.05) is 7.05 Å². The molecule has 1 fully saturated rings. The number of amides is 1. The van der Waals surface area contributed by atoms with Crippen molar-refractivity contribution in [2.75, 3.05) is 12.1 Å². The van der Waals surface area contributed by atoms with Gasteiger partial charge in [0.15, 0.2) is 0 Å². The molecular weight excluding hydrogens is 348 g/mol. The summed E-state index contributed by atoms with van der Waals surface area (Å²) in [7, 11) is 1.90. The molecule has 0 aliphatic carbocycles. The molecule has 1 saturated heterocycles. The van der Waals surface area contributed by atoms with Crippen molar-refractivity contribution in [1.82, 2.24) is 5.01 Å². The van der Waals surface area contributed by atoms with E-state index in [1.807, 2.05) is 115 Å². The van der Waals surface area contributed by atoms with Crippen LogP contribution in [0.4, 0.5) is 5.69 Å². The van der Waals surface area contributed by atoms with Gasteiger partial charge < -0.3 is 4.74 Å². The standard InChI is InChI=1S/C24H22N2O2/c1-25(20-13-7-3-8-14-20)26-22(18-17-19-11-5-2-6-12-19)23(24(26)27)28-21-15-9-4-10-16-21/h2-18,22-23H,1H3/b18-17+/t22-,23+/m1/s1. The average molecular weight is 370 g/mol. The van der Waals surface area contributed by atoms with E-state index >= 15 is 0 Å². The lowest BCUT2D eigenvalue weighted by Gasteiger charge is -2.49. The summed E-state index contributed by atoms with van der Waals surface area (Å²) < 4.78 is 6.01. The van der Waals surface area contributed by atoms with Crippen LogP contribution in [0.1, 0.15) is 5.56 Å². The molecule has 0 unspecified atom stereocenters. The maximum absolute atomic E-state index is 12.9. The molecule has 3 aromatic carbocycles. The third-order valence-electron chi connectivity index (χ3n) is 4.81. The molecule has 4 rings (SSSR count). The first kappa shape index (κ1) is 17.9. The van der Waals surface area contributed by atoms with E-state index in [1.54, 1.807) is 5.01 Å².